The zero-order valence-corrected chi connectivity index (χ0v) is 15.1. The van der Waals surface area contributed by atoms with Crippen LogP contribution in [0, 0.1) is 0 Å². The lowest BCUT2D eigenvalue weighted by Gasteiger charge is -2.25. The molecule has 0 aromatic carbocycles. The van der Waals surface area contributed by atoms with Crippen LogP contribution in [-0.4, -0.2) is 45.8 Å². The summed E-state index contributed by atoms with van der Waals surface area (Å²) in [4.78, 5) is 29.4. The Morgan fingerprint density at radius 1 is 1.55 bits per heavy atom. The van der Waals surface area contributed by atoms with Crippen LogP contribution >= 0.6 is 27.3 Å². The van der Waals surface area contributed by atoms with Crippen LogP contribution in [0.1, 0.15) is 41.9 Å². The van der Waals surface area contributed by atoms with Gasteiger partial charge < -0.3 is 9.64 Å². The second-order valence-electron chi connectivity index (χ2n) is 6.20. The van der Waals surface area contributed by atoms with Crippen LogP contribution in [-0.2, 0) is 10.4 Å². The molecule has 0 spiro atoms. The van der Waals surface area contributed by atoms with Gasteiger partial charge in [0.25, 0.3) is 0 Å². The van der Waals surface area contributed by atoms with E-state index in [0.717, 1.165) is 11.3 Å². The minimum atomic E-state index is -1.72. The number of aromatic nitrogens is 1. The van der Waals surface area contributed by atoms with Gasteiger partial charge in [0.1, 0.15) is 10.6 Å². The molecule has 1 unspecified atom stereocenters. The Hall–Kier alpha value is -1.02. The molecule has 1 amide bonds. The average Bonchev–Trinajstić information content (AvgIpc) is 3.03. The van der Waals surface area contributed by atoms with E-state index in [2.05, 4.69) is 20.9 Å². The number of nitrogens with zero attached hydrogens (tertiary/aromatic N) is 2. The van der Waals surface area contributed by atoms with Gasteiger partial charge in [0.15, 0.2) is 11.5 Å². The largest absolute Gasteiger partial charge is 0.444 e. The highest BCUT2D eigenvalue weighted by Gasteiger charge is 2.45. The van der Waals surface area contributed by atoms with Crippen molar-refractivity contribution in [3.05, 3.63) is 16.1 Å². The Morgan fingerprint density at radius 3 is 2.82 bits per heavy atom. The van der Waals surface area contributed by atoms with Crippen molar-refractivity contribution < 1.29 is 18.7 Å². The van der Waals surface area contributed by atoms with Crippen LogP contribution in [0.5, 0.6) is 0 Å². The molecule has 5 nitrogen and oxygen atoms in total. The van der Waals surface area contributed by atoms with Gasteiger partial charge in [0.2, 0.25) is 0 Å². The van der Waals surface area contributed by atoms with Crippen molar-refractivity contribution in [1.29, 1.82) is 0 Å². The highest BCUT2D eigenvalue weighted by Crippen LogP contribution is 2.38. The predicted octanol–water partition coefficient (Wildman–Crippen LogP) is 3.53. The van der Waals surface area contributed by atoms with Crippen LogP contribution in [0.2, 0.25) is 0 Å². The molecule has 1 aromatic rings. The van der Waals surface area contributed by atoms with Crippen molar-refractivity contribution in [3.63, 3.8) is 0 Å². The molecule has 1 saturated heterocycles. The van der Waals surface area contributed by atoms with E-state index in [1.165, 1.54) is 11.1 Å². The first-order chi connectivity index (χ1) is 10.1. The predicted molar refractivity (Wildman–Crippen MR) is 85.4 cm³/mol. The van der Waals surface area contributed by atoms with Gasteiger partial charge in [-0.25, -0.2) is 14.2 Å². The Bertz CT molecular complexity index is 587. The number of Topliss-reactive ketones (excluding diaryl/α,β-unsaturated/α-hetero) is 1. The van der Waals surface area contributed by atoms with Gasteiger partial charge >= 0.3 is 6.09 Å². The number of hydrogen-bond acceptors (Lipinski definition) is 5. The Kier molecular flexibility index (Phi) is 4.91. The maximum atomic E-state index is 15.0. The summed E-state index contributed by atoms with van der Waals surface area (Å²) in [6, 6.07) is 0. The first-order valence-electron chi connectivity index (χ1n) is 6.87. The lowest BCUT2D eigenvalue weighted by Crippen LogP contribution is -2.37. The number of halogens is 2. The second-order valence-corrected chi connectivity index (χ2v) is 7.80. The minimum absolute atomic E-state index is 0.0998. The summed E-state index contributed by atoms with van der Waals surface area (Å²) in [5, 5.41) is 0.417. The molecule has 0 saturated carbocycles. The first-order valence-corrected chi connectivity index (χ1v) is 8.81. The van der Waals surface area contributed by atoms with Gasteiger partial charge in [-0.15, -0.1) is 11.3 Å². The number of rotatable bonds is 3. The van der Waals surface area contributed by atoms with E-state index < -0.39 is 17.4 Å². The van der Waals surface area contributed by atoms with Crippen LogP contribution in [0.15, 0.2) is 6.20 Å². The zero-order chi connectivity index (χ0) is 16.5. The number of alkyl halides is 2. The fourth-order valence-electron chi connectivity index (χ4n) is 2.11. The summed E-state index contributed by atoms with van der Waals surface area (Å²) in [5.41, 5.74) is -2.33. The third-order valence-corrected chi connectivity index (χ3v) is 4.88. The molecule has 2 heterocycles. The van der Waals surface area contributed by atoms with E-state index in [1.54, 1.807) is 20.8 Å². The van der Waals surface area contributed by atoms with E-state index in [4.69, 9.17) is 4.74 Å². The van der Waals surface area contributed by atoms with E-state index in [0.29, 0.717) is 4.88 Å². The van der Waals surface area contributed by atoms with Crippen LogP contribution in [0.25, 0.3) is 0 Å². The molecular weight excluding hydrogens is 375 g/mol. The molecule has 1 aliphatic rings. The molecule has 2 rings (SSSR count). The molecule has 1 aliphatic heterocycles. The highest BCUT2D eigenvalue weighted by atomic mass is 79.9. The molecule has 0 N–H and O–H groups in total. The number of likely N-dealkylation sites (tertiary alicyclic amines) is 1. The molecular formula is C14H18BrFN2O3S. The highest BCUT2D eigenvalue weighted by molar-refractivity contribution is 9.09. The summed E-state index contributed by atoms with van der Waals surface area (Å²) in [5.74, 6) is -0.130. The first kappa shape index (κ1) is 17.3. The lowest BCUT2D eigenvalue weighted by atomic mass is 10.1. The van der Waals surface area contributed by atoms with Crippen molar-refractivity contribution in [2.24, 2.45) is 0 Å². The standard InChI is InChI=1S/C14H18BrFN2O3S/c1-13(2,3)21-12(20)18-5-4-14(16,8-18)11-17-7-10(22-11)9(19)6-15/h7H,4-6,8H2,1-3H3. The number of amides is 1. The molecule has 1 fully saturated rings. The summed E-state index contributed by atoms with van der Waals surface area (Å²) in [6.45, 7) is 5.47. The van der Waals surface area contributed by atoms with Gasteiger partial charge in [0, 0.05) is 19.2 Å². The van der Waals surface area contributed by atoms with E-state index in [-0.39, 0.29) is 35.6 Å². The average molecular weight is 393 g/mol. The lowest BCUT2D eigenvalue weighted by molar-refractivity contribution is 0.0257. The topological polar surface area (TPSA) is 59.5 Å². The van der Waals surface area contributed by atoms with Crippen LogP contribution in [0.4, 0.5) is 9.18 Å². The fraction of sp³-hybridized carbons (Fsp3) is 0.643. The maximum absolute atomic E-state index is 15.0. The SMILES string of the molecule is CC(C)(C)OC(=O)N1CCC(F)(c2ncc(C(=O)CBr)s2)C1. The van der Waals surface area contributed by atoms with E-state index >= 15 is 4.39 Å². The molecule has 1 aromatic heterocycles. The Morgan fingerprint density at radius 2 is 2.23 bits per heavy atom. The maximum Gasteiger partial charge on any atom is 0.410 e. The van der Waals surface area contributed by atoms with E-state index in [1.807, 2.05) is 0 Å². The molecule has 1 atom stereocenters. The van der Waals surface area contributed by atoms with Crippen LogP contribution in [0.3, 0.4) is 0 Å². The van der Waals surface area contributed by atoms with Crippen molar-refractivity contribution >= 4 is 39.1 Å². The van der Waals surface area contributed by atoms with Crippen molar-refractivity contribution in [3.8, 4) is 0 Å². The van der Waals surface area contributed by atoms with Gasteiger partial charge in [-0.2, -0.15) is 0 Å². The van der Waals surface area contributed by atoms with Gasteiger partial charge in [-0.1, -0.05) is 15.9 Å². The number of ether oxygens (including phenoxy) is 1. The second kappa shape index (κ2) is 6.23. The molecule has 0 radical (unpaired) electrons. The summed E-state index contributed by atoms with van der Waals surface area (Å²) < 4.78 is 20.3. The Labute approximate surface area is 141 Å². The molecule has 22 heavy (non-hydrogen) atoms. The molecule has 8 heteroatoms. The monoisotopic (exact) mass is 392 g/mol. The third-order valence-electron chi connectivity index (χ3n) is 3.16. The smallest absolute Gasteiger partial charge is 0.410 e. The number of carbonyl (C=O) groups is 2. The third kappa shape index (κ3) is 3.84. The van der Waals surface area contributed by atoms with Crippen molar-refractivity contribution in [2.45, 2.75) is 38.5 Å². The van der Waals surface area contributed by atoms with E-state index in [9.17, 15) is 9.59 Å². The summed E-state index contributed by atoms with van der Waals surface area (Å²) >= 11 is 4.12. The number of ketones is 1. The fourth-order valence-corrected chi connectivity index (χ4v) is 3.55. The molecule has 0 bridgehead atoms. The Balaban J connectivity index is 2.08. The minimum Gasteiger partial charge on any atom is -0.444 e. The van der Waals surface area contributed by atoms with Gasteiger partial charge in [0.05, 0.1) is 16.8 Å². The zero-order valence-electron chi connectivity index (χ0n) is 12.7. The van der Waals surface area contributed by atoms with Crippen LogP contribution < -0.4 is 0 Å². The molecule has 122 valence electrons. The van der Waals surface area contributed by atoms with Gasteiger partial charge in [-0.3, -0.25) is 4.79 Å². The van der Waals surface area contributed by atoms with Gasteiger partial charge in [-0.05, 0) is 20.8 Å². The van der Waals surface area contributed by atoms with Crippen molar-refractivity contribution in [1.82, 2.24) is 9.88 Å². The summed E-state index contributed by atoms with van der Waals surface area (Å²) in [7, 11) is 0. The quantitative estimate of drug-likeness (QED) is 0.583. The number of thiazole rings is 1. The number of hydrogen-bond donors (Lipinski definition) is 0. The summed E-state index contributed by atoms with van der Waals surface area (Å²) in [6.07, 6.45) is 1.02. The van der Waals surface area contributed by atoms with Crippen molar-refractivity contribution in [2.75, 3.05) is 18.4 Å². The number of carbonyl (C=O) groups excluding carboxylic acids is 2. The normalized spacial score (nSPS) is 22.0. The molecule has 0 aliphatic carbocycles.